The highest BCUT2D eigenvalue weighted by atomic mass is 28.4. The Morgan fingerprint density at radius 2 is 1.27 bits per heavy atom. The zero-order chi connectivity index (χ0) is 33.1. The summed E-state index contributed by atoms with van der Waals surface area (Å²) in [4.78, 5) is 25.6. The lowest BCUT2D eigenvalue weighted by Crippen LogP contribution is -2.66. The Morgan fingerprint density at radius 1 is 0.778 bits per heavy atom. The van der Waals surface area contributed by atoms with Crippen LogP contribution in [0.4, 0.5) is 9.59 Å². The molecule has 0 aliphatic rings. The molecule has 0 aromatic heterocycles. The summed E-state index contributed by atoms with van der Waals surface area (Å²) in [6, 6.07) is 28.2. The third-order valence-corrected chi connectivity index (χ3v) is 12.3. The van der Waals surface area contributed by atoms with Crippen molar-refractivity contribution < 1.29 is 28.6 Å². The van der Waals surface area contributed by atoms with Crippen LogP contribution in [0.1, 0.15) is 53.5 Å². The first-order valence-electron chi connectivity index (χ1n) is 15.2. The summed E-state index contributed by atoms with van der Waals surface area (Å²) in [5, 5.41) is 17.9. The van der Waals surface area contributed by atoms with Gasteiger partial charge in [-0.2, -0.15) is 0 Å². The maximum atomic E-state index is 12.9. The maximum Gasteiger partial charge on any atom is 0.408 e. The predicted octanol–water partition coefficient (Wildman–Crippen LogP) is 5.69. The van der Waals surface area contributed by atoms with Crippen LogP contribution >= 0.6 is 0 Å². The molecular formula is C36H48N2O6Si. The standard InChI is InChI=1S/C36H48N2O6Si/c1-27(25-43-45(36(5,6)7,29-19-13-9-14-20-29)30-21-15-10-16-22-30)23-31(32(24-39)38-34(41)44-35(2,3)4)37-33(40)42-26-28-17-11-8-12-18-28/h8-22,31-32,39H,1,23-26H2,2-7H3,(H,37,40)(H,38,41)/t31-,32-/m0/s1. The molecule has 0 unspecified atom stereocenters. The van der Waals surface area contributed by atoms with Crippen LogP contribution in [0.25, 0.3) is 0 Å². The first-order chi connectivity index (χ1) is 21.2. The average Bonchev–Trinajstić information content (AvgIpc) is 2.99. The minimum atomic E-state index is -2.85. The number of nitrogens with one attached hydrogen (secondary N) is 2. The van der Waals surface area contributed by atoms with Gasteiger partial charge in [0.05, 0.1) is 25.3 Å². The molecule has 0 spiro atoms. The van der Waals surface area contributed by atoms with Crippen molar-refractivity contribution in [2.75, 3.05) is 13.2 Å². The van der Waals surface area contributed by atoms with Crippen molar-refractivity contribution in [3.63, 3.8) is 0 Å². The second-order valence-corrected chi connectivity index (χ2v) is 17.5. The molecule has 3 aromatic carbocycles. The highest BCUT2D eigenvalue weighted by Crippen LogP contribution is 2.37. The monoisotopic (exact) mass is 632 g/mol. The molecule has 3 aromatic rings. The molecule has 3 rings (SSSR count). The van der Waals surface area contributed by atoms with Gasteiger partial charge >= 0.3 is 12.2 Å². The van der Waals surface area contributed by atoms with Crippen molar-refractivity contribution in [2.45, 2.75) is 77.3 Å². The summed E-state index contributed by atoms with van der Waals surface area (Å²) in [5.41, 5.74) is 0.771. The number of ether oxygens (including phenoxy) is 2. The lowest BCUT2D eigenvalue weighted by molar-refractivity contribution is 0.0460. The fraction of sp³-hybridized carbons (Fsp3) is 0.389. The van der Waals surface area contributed by atoms with Crippen molar-refractivity contribution in [2.24, 2.45) is 0 Å². The largest absolute Gasteiger partial charge is 0.445 e. The second kappa shape index (κ2) is 15.9. The number of hydrogen-bond donors (Lipinski definition) is 3. The van der Waals surface area contributed by atoms with Crippen LogP contribution in [0.15, 0.2) is 103 Å². The molecule has 0 aliphatic heterocycles. The molecule has 0 radical (unpaired) electrons. The van der Waals surface area contributed by atoms with E-state index in [2.05, 4.69) is 62.2 Å². The van der Waals surface area contributed by atoms with Gasteiger partial charge in [-0.25, -0.2) is 9.59 Å². The lowest BCUT2D eigenvalue weighted by atomic mass is 10.0. The van der Waals surface area contributed by atoms with Gasteiger partial charge in [-0.15, -0.1) is 0 Å². The van der Waals surface area contributed by atoms with Crippen molar-refractivity contribution in [3.8, 4) is 0 Å². The summed E-state index contributed by atoms with van der Waals surface area (Å²) < 4.78 is 17.9. The van der Waals surface area contributed by atoms with Gasteiger partial charge < -0.3 is 29.6 Å². The Morgan fingerprint density at radius 3 is 1.73 bits per heavy atom. The van der Waals surface area contributed by atoms with Gasteiger partial charge in [-0.3, -0.25) is 0 Å². The van der Waals surface area contributed by atoms with Crippen LogP contribution in [-0.2, 0) is 20.5 Å². The lowest BCUT2D eigenvalue weighted by Gasteiger charge is -2.43. The molecule has 242 valence electrons. The van der Waals surface area contributed by atoms with E-state index in [1.54, 1.807) is 20.8 Å². The summed E-state index contributed by atoms with van der Waals surface area (Å²) >= 11 is 0. The Kier molecular flexibility index (Phi) is 12.5. The van der Waals surface area contributed by atoms with Gasteiger partial charge in [0.1, 0.15) is 12.2 Å². The molecule has 0 saturated heterocycles. The highest BCUT2D eigenvalue weighted by molar-refractivity contribution is 6.99. The SMILES string of the molecule is C=C(CO[Si](c1ccccc1)(c1ccccc1)C(C)(C)C)C[C@H](NC(=O)OCc1ccccc1)[C@H](CO)NC(=O)OC(C)(C)C. The zero-order valence-corrected chi connectivity index (χ0v) is 28.3. The van der Waals surface area contributed by atoms with E-state index in [0.29, 0.717) is 5.57 Å². The number of aliphatic hydroxyl groups is 1. The van der Waals surface area contributed by atoms with Crippen LogP contribution in [0.2, 0.25) is 5.04 Å². The molecule has 3 N–H and O–H groups in total. The van der Waals surface area contributed by atoms with Crippen molar-refractivity contribution in [3.05, 3.63) is 109 Å². The third kappa shape index (κ3) is 10.3. The Hall–Kier alpha value is -3.92. The molecule has 2 atom stereocenters. The van der Waals surface area contributed by atoms with Crippen molar-refractivity contribution in [1.82, 2.24) is 10.6 Å². The van der Waals surface area contributed by atoms with E-state index in [9.17, 15) is 14.7 Å². The molecule has 0 heterocycles. The predicted molar refractivity (Wildman–Crippen MR) is 181 cm³/mol. The van der Waals surface area contributed by atoms with Gasteiger partial charge in [0.15, 0.2) is 0 Å². The molecule has 9 heteroatoms. The minimum Gasteiger partial charge on any atom is -0.445 e. The van der Waals surface area contributed by atoms with E-state index in [-0.39, 0.29) is 24.7 Å². The number of amides is 2. The van der Waals surface area contributed by atoms with E-state index >= 15 is 0 Å². The zero-order valence-electron chi connectivity index (χ0n) is 27.3. The molecule has 2 amide bonds. The molecule has 0 saturated carbocycles. The topological polar surface area (TPSA) is 106 Å². The van der Waals surface area contributed by atoms with Crippen LogP contribution in [0, 0.1) is 0 Å². The van der Waals surface area contributed by atoms with Gasteiger partial charge in [-0.1, -0.05) is 124 Å². The number of carbonyl (C=O) groups is 2. The molecule has 45 heavy (non-hydrogen) atoms. The van der Waals surface area contributed by atoms with E-state index in [4.69, 9.17) is 13.9 Å². The first kappa shape index (κ1) is 35.6. The van der Waals surface area contributed by atoms with Crippen LogP contribution < -0.4 is 21.0 Å². The normalized spacial score (nSPS) is 13.3. The third-order valence-electron chi connectivity index (χ3n) is 7.32. The fourth-order valence-electron chi connectivity index (χ4n) is 5.28. The molecule has 0 fully saturated rings. The van der Waals surface area contributed by atoms with Gasteiger partial charge in [0.25, 0.3) is 8.32 Å². The number of hydrogen-bond acceptors (Lipinski definition) is 6. The molecule has 0 bridgehead atoms. The fourth-order valence-corrected chi connectivity index (χ4v) is 9.86. The Bertz CT molecular complexity index is 1330. The quantitative estimate of drug-likeness (QED) is 0.165. The maximum absolute atomic E-state index is 12.9. The number of carbonyl (C=O) groups excluding carboxylic acids is 2. The van der Waals surface area contributed by atoms with E-state index in [0.717, 1.165) is 15.9 Å². The summed E-state index contributed by atoms with van der Waals surface area (Å²) in [7, 11) is -2.85. The Balaban J connectivity index is 1.85. The summed E-state index contributed by atoms with van der Waals surface area (Å²) in [6.07, 6.45) is -1.19. The van der Waals surface area contributed by atoms with Gasteiger partial charge in [0, 0.05) is 0 Å². The van der Waals surface area contributed by atoms with Gasteiger partial charge in [-0.05, 0) is 48.2 Å². The van der Waals surface area contributed by atoms with Crippen LogP contribution in [-0.4, -0.2) is 56.5 Å². The van der Waals surface area contributed by atoms with Crippen molar-refractivity contribution >= 4 is 30.9 Å². The molecule has 8 nitrogen and oxygen atoms in total. The number of aliphatic hydroxyl groups excluding tert-OH is 1. The number of alkyl carbamates (subject to hydrolysis) is 2. The van der Waals surface area contributed by atoms with Crippen LogP contribution in [0.3, 0.4) is 0 Å². The van der Waals surface area contributed by atoms with Crippen LogP contribution in [0.5, 0.6) is 0 Å². The van der Waals surface area contributed by atoms with Gasteiger partial charge in [0.2, 0.25) is 0 Å². The first-order valence-corrected chi connectivity index (χ1v) is 17.2. The van der Waals surface area contributed by atoms with Crippen molar-refractivity contribution in [1.29, 1.82) is 0 Å². The van der Waals surface area contributed by atoms with E-state index in [1.807, 2.05) is 66.7 Å². The highest BCUT2D eigenvalue weighted by Gasteiger charge is 2.50. The Labute approximate surface area is 268 Å². The minimum absolute atomic E-state index is 0.0700. The van der Waals surface area contributed by atoms with E-state index in [1.165, 1.54) is 0 Å². The molecular weight excluding hydrogens is 584 g/mol. The second-order valence-electron chi connectivity index (χ2n) is 13.2. The molecule has 0 aliphatic carbocycles. The summed E-state index contributed by atoms with van der Waals surface area (Å²) in [5.74, 6) is 0. The number of benzene rings is 3. The number of rotatable bonds is 13. The smallest absolute Gasteiger partial charge is 0.408 e. The average molecular weight is 633 g/mol. The summed E-state index contributed by atoms with van der Waals surface area (Å²) in [6.45, 7) is 16.0. The van der Waals surface area contributed by atoms with E-state index < -0.39 is 44.8 Å².